The van der Waals surface area contributed by atoms with E-state index < -0.39 is 32.3 Å². The van der Waals surface area contributed by atoms with Crippen molar-refractivity contribution in [2.75, 3.05) is 0 Å². The van der Waals surface area contributed by atoms with Crippen LogP contribution in [0, 0.1) is 27.7 Å². The number of benzene rings is 2. The van der Waals surface area contributed by atoms with Gasteiger partial charge in [0.25, 0.3) is 0 Å². The van der Waals surface area contributed by atoms with Crippen molar-refractivity contribution < 1.29 is 0 Å². The highest BCUT2D eigenvalue weighted by Gasteiger charge is 2.57. The van der Waals surface area contributed by atoms with Crippen LogP contribution in [0.4, 0.5) is 0 Å². The summed E-state index contributed by atoms with van der Waals surface area (Å²) < 4.78 is 0. The molecule has 3 aliphatic rings. The fourth-order valence-corrected chi connectivity index (χ4v) is 23.6. The van der Waals surface area contributed by atoms with Crippen LogP contribution in [0.2, 0.25) is 77.6 Å². The van der Waals surface area contributed by atoms with E-state index in [4.69, 9.17) is 0 Å². The maximum absolute atomic E-state index is 2.75. The molecule has 0 spiro atoms. The molecule has 0 saturated heterocycles. The molecular weight excluding hydrogens is 521 g/mol. The van der Waals surface area contributed by atoms with Gasteiger partial charge in [-0.1, -0.05) is 111 Å². The standard InChI is InChI=1S/C34H52Si4/c1-21-15-25-27(17-23(21)3)31-33(29(25)19-35(5,6)7)38(13,14)32-28-18-24(4)22(2)16-26(28)30(20-36(8,9)10)34(32)37(31,11)12/h15-18,29-30H,19-20H2,1-14H3. The highest BCUT2D eigenvalue weighted by molar-refractivity contribution is 7.14. The summed E-state index contributed by atoms with van der Waals surface area (Å²) >= 11 is 0. The molecule has 0 radical (unpaired) electrons. The van der Waals surface area contributed by atoms with Gasteiger partial charge in [-0.2, -0.15) is 0 Å². The van der Waals surface area contributed by atoms with E-state index in [2.05, 4.69) is 117 Å². The first kappa shape index (κ1) is 28.3. The molecule has 0 amide bonds. The Kier molecular flexibility index (Phi) is 6.44. The number of allylic oxidation sites excluding steroid dienone is 2. The predicted octanol–water partition coefficient (Wildman–Crippen LogP) is 10.6. The molecule has 0 bridgehead atoms. The third-order valence-corrected chi connectivity index (χ3v) is 21.3. The second-order valence-corrected chi connectivity index (χ2v) is 36.1. The maximum Gasteiger partial charge on any atom is 0.108 e. The van der Waals surface area contributed by atoms with Gasteiger partial charge in [-0.15, -0.1) is 0 Å². The third kappa shape index (κ3) is 4.24. The van der Waals surface area contributed by atoms with E-state index in [1.165, 1.54) is 34.3 Å². The molecule has 38 heavy (non-hydrogen) atoms. The van der Waals surface area contributed by atoms with E-state index in [0.29, 0.717) is 11.8 Å². The lowest BCUT2D eigenvalue weighted by molar-refractivity contribution is 0.923. The van der Waals surface area contributed by atoms with Gasteiger partial charge in [-0.3, -0.25) is 0 Å². The highest BCUT2D eigenvalue weighted by Crippen LogP contribution is 2.64. The number of rotatable bonds is 4. The molecule has 1 aliphatic heterocycles. The van der Waals surface area contributed by atoms with Gasteiger partial charge in [0.15, 0.2) is 0 Å². The van der Waals surface area contributed by atoms with Gasteiger partial charge in [0.05, 0.1) is 0 Å². The minimum atomic E-state index is -1.91. The van der Waals surface area contributed by atoms with Crippen LogP contribution in [0.25, 0.3) is 10.4 Å². The second kappa shape index (κ2) is 8.64. The molecule has 204 valence electrons. The van der Waals surface area contributed by atoms with Gasteiger partial charge in [0.1, 0.15) is 16.1 Å². The zero-order valence-corrected chi connectivity index (χ0v) is 30.9. The van der Waals surface area contributed by atoms with Gasteiger partial charge in [-0.25, -0.2) is 0 Å². The zero-order chi connectivity index (χ0) is 28.3. The van der Waals surface area contributed by atoms with Gasteiger partial charge >= 0.3 is 0 Å². The fraction of sp³-hybridized carbons (Fsp3) is 0.529. The molecule has 2 aliphatic carbocycles. The van der Waals surface area contributed by atoms with E-state index in [0.717, 1.165) is 0 Å². The quantitative estimate of drug-likeness (QED) is 0.320. The largest absolute Gasteiger partial charge is 0.108 e. The van der Waals surface area contributed by atoms with Crippen molar-refractivity contribution in [2.45, 2.75) is 117 Å². The van der Waals surface area contributed by atoms with E-state index >= 15 is 0 Å². The molecule has 0 N–H and O–H groups in total. The molecule has 2 aromatic rings. The summed E-state index contributed by atoms with van der Waals surface area (Å²) in [4.78, 5) is 0. The molecule has 0 nitrogen and oxygen atoms in total. The van der Waals surface area contributed by atoms with Crippen LogP contribution >= 0.6 is 0 Å². The molecular formula is C34H52Si4. The van der Waals surface area contributed by atoms with Crippen LogP contribution in [-0.4, -0.2) is 32.3 Å². The van der Waals surface area contributed by atoms with E-state index in [1.54, 1.807) is 22.3 Å². The Hall–Kier alpha value is -1.21. The van der Waals surface area contributed by atoms with E-state index in [1.807, 2.05) is 20.8 Å². The normalized spacial score (nSPS) is 23.4. The average Bonchev–Trinajstić information content (AvgIpc) is 3.21. The first-order valence-electron chi connectivity index (χ1n) is 15.0. The van der Waals surface area contributed by atoms with Crippen molar-refractivity contribution in [2.24, 2.45) is 0 Å². The predicted molar refractivity (Wildman–Crippen MR) is 182 cm³/mol. The summed E-state index contributed by atoms with van der Waals surface area (Å²) in [5.74, 6) is 1.28. The van der Waals surface area contributed by atoms with Gasteiger partial charge in [0.2, 0.25) is 0 Å². The Morgan fingerprint density at radius 3 is 1.11 bits per heavy atom. The average molecular weight is 573 g/mol. The summed E-state index contributed by atoms with van der Waals surface area (Å²) in [6.07, 6.45) is 0. The monoisotopic (exact) mass is 572 g/mol. The summed E-state index contributed by atoms with van der Waals surface area (Å²) in [5.41, 5.74) is 12.7. The van der Waals surface area contributed by atoms with Crippen molar-refractivity contribution in [3.8, 4) is 0 Å². The second-order valence-electron chi connectivity index (χ2n) is 16.5. The minimum absolute atomic E-state index is 0.638. The molecule has 1 heterocycles. The molecule has 2 atom stereocenters. The van der Waals surface area contributed by atoms with Crippen LogP contribution < -0.4 is 0 Å². The summed E-state index contributed by atoms with van der Waals surface area (Å²) in [6, 6.07) is 13.3. The topological polar surface area (TPSA) is 0 Å². The molecule has 4 heteroatoms. The lowest BCUT2D eigenvalue weighted by Gasteiger charge is -2.45. The SMILES string of the molecule is Cc1cc2c(cc1C)C(C[Si](C)(C)C)C1=C2[Si](C)(C)C2=C(c3cc(C)c(C)cc3C2C[Si](C)(C)C)[Si]1(C)C. The van der Waals surface area contributed by atoms with Crippen LogP contribution in [0.1, 0.15) is 56.3 Å². The van der Waals surface area contributed by atoms with Crippen LogP contribution in [-0.2, 0) is 0 Å². The summed E-state index contributed by atoms with van der Waals surface area (Å²) in [5, 5.41) is 7.67. The van der Waals surface area contributed by atoms with Gasteiger partial charge in [0, 0.05) is 28.0 Å². The van der Waals surface area contributed by atoms with Crippen molar-refractivity contribution in [1.29, 1.82) is 0 Å². The maximum atomic E-state index is 2.75. The van der Waals surface area contributed by atoms with Crippen molar-refractivity contribution in [3.63, 3.8) is 0 Å². The van der Waals surface area contributed by atoms with Crippen molar-refractivity contribution in [3.05, 3.63) is 79.2 Å². The molecule has 5 rings (SSSR count). The third-order valence-electron chi connectivity index (χ3n) is 10.1. The lowest BCUT2D eigenvalue weighted by Crippen LogP contribution is -2.47. The minimum Gasteiger partial charge on any atom is -0.0695 e. The molecule has 0 aromatic heterocycles. The zero-order valence-electron chi connectivity index (χ0n) is 26.9. The van der Waals surface area contributed by atoms with E-state index in [9.17, 15) is 0 Å². The Labute approximate surface area is 238 Å². The Morgan fingerprint density at radius 1 is 0.526 bits per heavy atom. The number of aryl methyl sites for hydroxylation is 4. The van der Waals surface area contributed by atoms with Crippen LogP contribution in [0.3, 0.4) is 0 Å². The summed E-state index contributed by atoms with van der Waals surface area (Å²) in [6.45, 7) is 35.9. The Morgan fingerprint density at radius 2 is 0.816 bits per heavy atom. The number of hydrogen-bond acceptors (Lipinski definition) is 0. The van der Waals surface area contributed by atoms with Crippen LogP contribution in [0.5, 0.6) is 0 Å². The van der Waals surface area contributed by atoms with Crippen LogP contribution in [0.15, 0.2) is 34.7 Å². The van der Waals surface area contributed by atoms with Crippen molar-refractivity contribution in [1.82, 2.24) is 0 Å². The Bertz CT molecular complexity index is 1310. The van der Waals surface area contributed by atoms with Gasteiger partial charge in [-0.05, 0) is 84.3 Å². The lowest BCUT2D eigenvalue weighted by atomic mass is 9.97. The molecule has 2 unspecified atom stereocenters. The number of fused-ring (bicyclic) bond motifs is 4. The molecule has 0 saturated carbocycles. The highest BCUT2D eigenvalue weighted by atomic mass is 28.3. The summed E-state index contributed by atoms with van der Waals surface area (Å²) in [7, 11) is -6.39. The van der Waals surface area contributed by atoms with Crippen molar-refractivity contribution >= 4 is 42.7 Å². The fourth-order valence-electron chi connectivity index (χ4n) is 8.40. The first-order chi connectivity index (χ1) is 17.3. The number of hydrogen-bond donors (Lipinski definition) is 0. The molecule has 2 aromatic carbocycles. The smallest absolute Gasteiger partial charge is 0.0695 e. The first-order valence-corrected chi connectivity index (χ1v) is 28.4. The molecule has 0 fully saturated rings. The van der Waals surface area contributed by atoms with E-state index in [-0.39, 0.29) is 0 Å². The Balaban J connectivity index is 1.85. The van der Waals surface area contributed by atoms with Gasteiger partial charge < -0.3 is 0 Å².